The van der Waals surface area contributed by atoms with Crippen molar-refractivity contribution in [3.8, 4) is 23.0 Å². The Bertz CT molecular complexity index is 1230. The molecule has 7 nitrogen and oxygen atoms in total. The van der Waals surface area contributed by atoms with Crippen LogP contribution < -0.4 is 24.4 Å². The predicted octanol–water partition coefficient (Wildman–Crippen LogP) is 5.79. The summed E-state index contributed by atoms with van der Waals surface area (Å²) < 4.78 is 35.4. The highest BCUT2D eigenvalue weighted by Gasteiger charge is 2.13. The number of ether oxygens (including phenoxy) is 4. The summed E-state index contributed by atoms with van der Waals surface area (Å²) in [6.45, 7) is 6.38. The smallest absolute Gasteiger partial charge is 0.271 e. The van der Waals surface area contributed by atoms with E-state index in [1.54, 1.807) is 48.5 Å². The zero-order chi connectivity index (χ0) is 25.9. The Morgan fingerprint density at radius 2 is 1.83 bits per heavy atom. The third-order valence-electron chi connectivity index (χ3n) is 4.79. The average Bonchev–Trinajstić information content (AvgIpc) is 2.88. The fourth-order valence-corrected chi connectivity index (χ4v) is 3.38. The van der Waals surface area contributed by atoms with E-state index in [4.69, 9.17) is 30.5 Å². The van der Waals surface area contributed by atoms with Crippen molar-refractivity contribution in [3.63, 3.8) is 0 Å². The molecule has 3 rings (SSSR count). The lowest BCUT2D eigenvalue weighted by molar-refractivity contribution is 0.0954. The van der Waals surface area contributed by atoms with Crippen LogP contribution in [0, 0.1) is 5.82 Å². The van der Waals surface area contributed by atoms with E-state index >= 15 is 0 Å². The molecule has 0 aliphatic carbocycles. The zero-order valence-electron chi connectivity index (χ0n) is 19.9. The Morgan fingerprint density at radius 1 is 1.06 bits per heavy atom. The minimum absolute atomic E-state index is 0.182. The van der Waals surface area contributed by atoms with Crippen molar-refractivity contribution in [3.05, 3.63) is 94.8 Å². The van der Waals surface area contributed by atoms with E-state index in [-0.39, 0.29) is 12.4 Å². The molecule has 1 amide bonds. The van der Waals surface area contributed by atoms with Crippen LogP contribution >= 0.6 is 11.6 Å². The largest absolute Gasteiger partial charge is 0.493 e. The maximum Gasteiger partial charge on any atom is 0.271 e. The lowest BCUT2D eigenvalue weighted by Gasteiger charge is -2.13. The predicted molar refractivity (Wildman–Crippen MR) is 137 cm³/mol. The molecule has 36 heavy (non-hydrogen) atoms. The fourth-order valence-electron chi connectivity index (χ4n) is 3.11. The van der Waals surface area contributed by atoms with E-state index in [2.05, 4.69) is 17.1 Å². The Labute approximate surface area is 214 Å². The number of nitrogens with zero attached hydrogens (tertiary/aromatic N) is 1. The highest BCUT2D eigenvalue weighted by molar-refractivity contribution is 6.32. The topological polar surface area (TPSA) is 78.4 Å². The molecule has 3 aromatic carbocycles. The van der Waals surface area contributed by atoms with Gasteiger partial charge in [-0.15, -0.1) is 0 Å². The second kappa shape index (κ2) is 13.2. The van der Waals surface area contributed by atoms with E-state index in [0.29, 0.717) is 52.4 Å². The van der Waals surface area contributed by atoms with E-state index in [9.17, 15) is 9.18 Å². The normalized spacial score (nSPS) is 10.7. The Morgan fingerprint density at radius 3 is 2.53 bits per heavy atom. The van der Waals surface area contributed by atoms with E-state index in [1.807, 2.05) is 6.92 Å². The summed E-state index contributed by atoms with van der Waals surface area (Å²) in [6, 6.07) is 14.1. The number of carbonyl (C=O) groups excluding carboxylic acids is 1. The number of methoxy groups -OCH3 is 1. The van der Waals surface area contributed by atoms with Crippen molar-refractivity contribution in [2.45, 2.75) is 13.5 Å². The molecule has 0 atom stereocenters. The van der Waals surface area contributed by atoms with Crippen LogP contribution in [-0.2, 0) is 6.61 Å². The first kappa shape index (κ1) is 26.6. The minimum atomic E-state index is -0.431. The third kappa shape index (κ3) is 7.23. The van der Waals surface area contributed by atoms with Gasteiger partial charge in [0.25, 0.3) is 5.91 Å². The van der Waals surface area contributed by atoms with Crippen molar-refractivity contribution in [1.82, 2.24) is 5.43 Å². The molecule has 0 fully saturated rings. The van der Waals surface area contributed by atoms with Gasteiger partial charge in [0.1, 0.15) is 19.0 Å². The molecule has 0 saturated carbocycles. The summed E-state index contributed by atoms with van der Waals surface area (Å²) >= 11 is 6.39. The molecule has 0 saturated heterocycles. The van der Waals surface area contributed by atoms with Crippen LogP contribution in [0.5, 0.6) is 23.0 Å². The first-order chi connectivity index (χ1) is 17.4. The lowest BCUT2D eigenvalue weighted by atomic mass is 10.2. The van der Waals surface area contributed by atoms with Gasteiger partial charge in [0, 0.05) is 5.56 Å². The van der Waals surface area contributed by atoms with Gasteiger partial charge in [-0.25, -0.2) is 9.82 Å². The molecule has 0 radical (unpaired) electrons. The van der Waals surface area contributed by atoms with Gasteiger partial charge in [0.05, 0.1) is 25.0 Å². The Balaban J connectivity index is 1.68. The molecule has 0 heterocycles. The Hall–Kier alpha value is -4.04. The highest BCUT2D eigenvalue weighted by atomic mass is 35.5. The molecule has 0 aromatic heterocycles. The first-order valence-electron chi connectivity index (χ1n) is 11.0. The summed E-state index contributed by atoms with van der Waals surface area (Å²) in [4.78, 5) is 12.6. The second-order valence-electron chi connectivity index (χ2n) is 7.34. The average molecular weight is 513 g/mol. The van der Waals surface area contributed by atoms with E-state index in [1.165, 1.54) is 25.5 Å². The second-order valence-corrected chi connectivity index (χ2v) is 7.75. The fraction of sp³-hybridized carbons (Fsp3) is 0.185. The molecule has 188 valence electrons. The highest BCUT2D eigenvalue weighted by Crippen LogP contribution is 2.36. The van der Waals surface area contributed by atoms with Crippen molar-refractivity contribution in [1.29, 1.82) is 0 Å². The van der Waals surface area contributed by atoms with Gasteiger partial charge in [0.15, 0.2) is 23.0 Å². The number of hydrazone groups is 1. The molecule has 0 unspecified atom stereocenters. The molecule has 0 spiro atoms. The summed E-state index contributed by atoms with van der Waals surface area (Å²) in [5, 5.41) is 4.31. The van der Waals surface area contributed by atoms with Crippen molar-refractivity contribution < 1.29 is 28.1 Å². The standard InChI is InChI=1S/C27H26ClFN2O5/c1-4-12-35-23-11-8-20(15-24(23)34-5-2)27(32)31-30-16-19-13-22(28)26(25(14-19)33-3)36-17-18-6-9-21(29)10-7-18/h4,6-11,13-16H,1,5,12,17H2,2-3H3,(H,31,32)/b30-16+. The van der Waals surface area contributed by atoms with Gasteiger partial charge in [-0.2, -0.15) is 5.10 Å². The molecule has 3 aromatic rings. The number of carbonyl (C=O) groups is 1. The maximum absolute atomic E-state index is 13.1. The van der Waals surface area contributed by atoms with Gasteiger partial charge < -0.3 is 18.9 Å². The minimum Gasteiger partial charge on any atom is -0.493 e. The van der Waals surface area contributed by atoms with Crippen LogP contribution in [0.3, 0.4) is 0 Å². The van der Waals surface area contributed by atoms with Crippen molar-refractivity contribution in [2.24, 2.45) is 5.10 Å². The summed E-state index contributed by atoms with van der Waals surface area (Å²) in [7, 11) is 1.48. The van der Waals surface area contributed by atoms with Gasteiger partial charge in [-0.1, -0.05) is 36.4 Å². The zero-order valence-corrected chi connectivity index (χ0v) is 20.7. The van der Waals surface area contributed by atoms with Crippen LogP contribution in [0.25, 0.3) is 0 Å². The van der Waals surface area contributed by atoms with Crippen LogP contribution in [0.1, 0.15) is 28.4 Å². The van der Waals surface area contributed by atoms with Crippen molar-refractivity contribution in [2.75, 3.05) is 20.3 Å². The Kier molecular flexibility index (Phi) is 9.71. The number of benzene rings is 3. The van der Waals surface area contributed by atoms with Gasteiger partial charge >= 0.3 is 0 Å². The van der Waals surface area contributed by atoms with Crippen LogP contribution in [0.4, 0.5) is 4.39 Å². The molecule has 0 aliphatic heterocycles. The molecule has 9 heteroatoms. The first-order valence-corrected chi connectivity index (χ1v) is 11.4. The monoisotopic (exact) mass is 512 g/mol. The molecular weight excluding hydrogens is 487 g/mol. The summed E-state index contributed by atoms with van der Waals surface area (Å²) in [5.41, 5.74) is 4.18. The van der Waals surface area contributed by atoms with Crippen LogP contribution in [-0.4, -0.2) is 32.4 Å². The number of amides is 1. The number of halogens is 2. The van der Waals surface area contributed by atoms with Crippen LogP contribution in [0.15, 0.2) is 72.4 Å². The molecule has 0 aliphatic rings. The molecule has 1 N–H and O–H groups in total. The number of hydrogen-bond donors (Lipinski definition) is 1. The number of hydrogen-bond acceptors (Lipinski definition) is 6. The van der Waals surface area contributed by atoms with Gasteiger partial charge in [-0.05, 0) is 60.5 Å². The number of nitrogens with one attached hydrogen (secondary N) is 1. The van der Waals surface area contributed by atoms with Crippen LogP contribution in [0.2, 0.25) is 5.02 Å². The lowest BCUT2D eigenvalue weighted by Crippen LogP contribution is -2.17. The maximum atomic E-state index is 13.1. The molecular formula is C27H26ClFN2O5. The van der Waals surface area contributed by atoms with Crippen molar-refractivity contribution >= 4 is 23.7 Å². The van der Waals surface area contributed by atoms with Gasteiger partial charge in [0.2, 0.25) is 0 Å². The van der Waals surface area contributed by atoms with E-state index < -0.39 is 5.91 Å². The summed E-state index contributed by atoms with van der Waals surface area (Å²) in [5.74, 6) is 0.930. The van der Waals surface area contributed by atoms with E-state index in [0.717, 1.165) is 5.56 Å². The SMILES string of the molecule is C=CCOc1ccc(C(=O)N/N=C/c2cc(Cl)c(OCc3ccc(F)cc3)c(OC)c2)cc1OCC. The van der Waals surface area contributed by atoms with Gasteiger partial charge in [-0.3, -0.25) is 4.79 Å². The quantitative estimate of drug-likeness (QED) is 0.189. The molecule has 0 bridgehead atoms. The third-order valence-corrected chi connectivity index (χ3v) is 5.07. The number of rotatable bonds is 12. The summed E-state index contributed by atoms with van der Waals surface area (Å²) in [6.07, 6.45) is 3.05.